The van der Waals surface area contributed by atoms with Crippen molar-refractivity contribution in [2.75, 3.05) is 0 Å². The van der Waals surface area contributed by atoms with E-state index < -0.39 is 5.41 Å². The van der Waals surface area contributed by atoms with Gasteiger partial charge in [-0.15, -0.1) is 15.0 Å². The molecule has 0 aliphatic rings. The van der Waals surface area contributed by atoms with Gasteiger partial charge in [0.2, 0.25) is 0 Å². The molecule has 0 amide bonds. The molecule has 5 rings (SSSR count). The van der Waals surface area contributed by atoms with Crippen molar-refractivity contribution in [3.8, 4) is 11.4 Å². The number of nitrogens with zero attached hydrogens (tertiary/aromatic N) is 3. The van der Waals surface area contributed by atoms with E-state index in [0.717, 1.165) is 33.3 Å². The van der Waals surface area contributed by atoms with Crippen LogP contribution >= 0.6 is 0 Å². The molecule has 0 saturated carbocycles. The topological polar surface area (TPSA) is 50.9 Å². The van der Waals surface area contributed by atoms with E-state index in [1.807, 2.05) is 48.5 Å². The van der Waals surface area contributed by atoms with Crippen LogP contribution in [0.3, 0.4) is 0 Å². The molecule has 4 aromatic carbocycles. The second-order valence-corrected chi connectivity index (χ2v) is 10.3. The van der Waals surface area contributed by atoms with Crippen LogP contribution in [0.5, 0.6) is 5.75 Å². The standard InChI is InChI=1S/C31H31N3O/c1-21-24(30(2,3)22-14-8-6-9-15-22)20-25(31(4,5)23-16-10-7-11-17-23)29(35)28(21)34-32-26-18-12-13-19-27(26)33-34/h6-20,35H,1-5H3. The third kappa shape index (κ3) is 3.79. The molecule has 0 unspecified atom stereocenters. The number of aromatic nitrogens is 3. The Morgan fingerprint density at radius 1 is 0.629 bits per heavy atom. The lowest BCUT2D eigenvalue weighted by Gasteiger charge is -2.34. The normalized spacial score (nSPS) is 12.3. The quantitative estimate of drug-likeness (QED) is 0.304. The Balaban J connectivity index is 1.83. The van der Waals surface area contributed by atoms with Crippen molar-refractivity contribution in [1.29, 1.82) is 0 Å². The van der Waals surface area contributed by atoms with Crippen LogP contribution in [0.15, 0.2) is 91.0 Å². The highest BCUT2D eigenvalue weighted by Crippen LogP contribution is 2.46. The van der Waals surface area contributed by atoms with Crippen molar-refractivity contribution in [2.45, 2.75) is 45.4 Å². The summed E-state index contributed by atoms with van der Waals surface area (Å²) in [7, 11) is 0. The van der Waals surface area contributed by atoms with Crippen LogP contribution in [-0.4, -0.2) is 20.1 Å². The summed E-state index contributed by atoms with van der Waals surface area (Å²) in [5.74, 6) is 0.212. The van der Waals surface area contributed by atoms with Crippen LogP contribution in [0.25, 0.3) is 16.7 Å². The van der Waals surface area contributed by atoms with Crippen LogP contribution in [-0.2, 0) is 10.8 Å². The second-order valence-electron chi connectivity index (χ2n) is 10.3. The highest BCUT2D eigenvalue weighted by molar-refractivity contribution is 5.74. The molecular weight excluding hydrogens is 430 g/mol. The molecule has 0 spiro atoms. The van der Waals surface area contributed by atoms with Gasteiger partial charge in [0.1, 0.15) is 22.5 Å². The molecule has 0 fully saturated rings. The minimum Gasteiger partial charge on any atom is -0.505 e. The molecule has 1 aromatic heterocycles. The van der Waals surface area contributed by atoms with Crippen molar-refractivity contribution >= 4 is 11.0 Å². The summed E-state index contributed by atoms with van der Waals surface area (Å²) in [6.07, 6.45) is 0. The van der Waals surface area contributed by atoms with Crippen LogP contribution < -0.4 is 0 Å². The predicted octanol–water partition coefficient (Wildman–Crippen LogP) is 7.09. The monoisotopic (exact) mass is 461 g/mol. The van der Waals surface area contributed by atoms with Gasteiger partial charge >= 0.3 is 0 Å². The van der Waals surface area contributed by atoms with Crippen LogP contribution in [0.2, 0.25) is 0 Å². The number of benzene rings is 4. The van der Waals surface area contributed by atoms with E-state index in [1.165, 1.54) is 5.56 Å². The zero-order chi connectivity index (χ0) is 24.8. The van der Waals surface area contributed by atoms with Crippen LogP contribution in [0.1, 0.15) is 55.5 Å². The Hall–Kier alpha value is -3.92. The molecule has 0 aliphatic heterocycles. The SMILES string of the molecule is Cc1c(C(C)(C)c2ccccc2)cc(C(C)(C)c2ccccc2)c(O)c1-n1nc2ccccc2n1. The van der Waals surface area contributed by atoms with Crippen molar-refractivity contribution < 1.29 is 5.11 Å². The zero-order valence-electron chi connectivity index (χ0n) is 20.9. The van der Waals surface area contributed by atoms with Gasteiger partial charge in [0.05, 0.1) is 0 Å². The molecule has 0 bridgehead atoms. The average molecular weight is 462 g/mol. The Morgan fingerprint density at radius 3 is 1.54 bits per heavy atom. The number of phenolic OH excluding ortho intramolecular Hbond substituents is 1. The van der Waals surface area contributed by atoms with Gasteiger partial charge in [0, 0.05) is 16.4 Å². The van der Waals surface area contributed by atoms with Gasteiger partial charge in [-0.2, -0.15) is 0 Å². The first-order valence-corrected chi connectivity index (χ1v) is 12.0. The molecule has 0 atom stereocenters. The largest absolute Gasteiger partial charge is 0.505 e. The number of phenols is 1. The number of rotatable bonds is 5. The van der Waals surface area contributed by atoms with E-state index in [1.54, 1.807) is 4.80 Å². The van der Waals surface area contributed by atoms with Gasteiger partial charge in [-0.25, -0.2) is 0 Å². The van der Waals surface area contributed by atoms with Gasteiger partial charge in [-0.05, 0) is 47.4 Å². The maximum atomic E-state index is 11.8. The van der Waals surface area contributed by atoms with Crippen molar-refractivity contribution in [3.63, 3.8) is 0 Å². The van der Waals surface area contributed by atoms with Crippen molar-refractivity contribution in [3.05, 3.63) is 119 Å². The molecule has 1 N–H and O–H groups in total. The Bertz CT molecular complexity index is 1390. The third-order valence-corrected chi connectivity index (χ3v) is 7.35. The van der Waals surface area contributed by atoms with E-state index >= 15 is 0 Å². The molecule has 176 valence electrons. The summed E-state index contributed by atoms with van der Waals surface area (Å²) in [6.45, 7) is 10.8. The van der Waals surface area contributed by atoms with Gasteiger partial charge < -0.3 is 5.11 Å². The maximum absolute atomic E-state index is 11.8. The smallest absolute Gasteiger partial charge is 0.147 e. The van der Waals surface area contributed by atoms with Crippen LogP contribution in [0, 0.1) is 6.92 Å². The Kier molecular flexibility index (Phi) is 5.47. The molecular formula is C31H31N3O. The molecule has 1 heterocycles. The average Bonchev–Trinajstić information content (AvgIpc) is 3.28. The second kappa shape index (κ2) is 8.38. The minimum atomic E-state index is -0.443. The maximum Gasteiger partial charge on any atom is 0.147 e. The van der Waals surface area contributed by atoms with Gasteiger partial charge in [0.25, 0.3) is 0 Å². The molecule has 0 radical (unpaired) electrons. The fourth-order valence-corrected chi connectivity index (χ4v) is 5.10. The Labute approximate surface area is 206 Å². The summed E-state index contributed by atoms with van der Waals surface area (Å²) in [4.78, 5) is 1.60. The third-order valence-electron chi connectivity index (χ3n) is 7.35. The van der Waals surface area contributed by atoms with Crippen molar-refractivity contribution in [1.82, 2.24) is 15.0 Å². The van der Waals surface area contributed by atoms with Crippen molar-refractivity contribution in [2.24, 2.45) is 0 Å². The van der Waals surface area contributed by atoms with E-state index in [-0.39, 0.29) is 11.2 Å². The zero-order valence-corrected chi connectivity index (χ0v) is 20.9. The lowest BCUT2D eigenvalue weighted by atomic mass is 9.71. The summed E-state index contributed by atoms with van der Waals surface area (Å²) in [5.41, 5.74) is 6.76. The molecule has 5 aromatic rings. The predicted molar refractivity (Wildman–Crippen MR) is 142 cm³/mol. The number of hydrogen-bond donors (Lipinski definition) is 1. The highest BCUT2D eigenvalue weighted by atomic mass is 16.3. The number of fused-ring (bicyclic) bond motifs is 1. The van der Waals surface area contributed by atoms with Gasteiger partial charge in [-0.3, -0.25) is 0 Å². The van der Waals surface area contributed by atoms with Gasteiger partial charge in [-0.1, -0.05) is 100 Å². The van der Waals surface area contributed by atoms with E-state index in [0.29, 0.717) is 5.69 Å². The van der Waals surface area contributed by atoms with E-state index in [9.17, 15) is 5.11 Å². The fraction of sp³-hybridized carbons (Fsp3) is 0.226. The summed E-state index contributed by atoms with van der Waals surface area (Å²) in [5, 5.41) is 21.3. The van der Waals surface area contributed by atoms with Gasteiger partial charge in [0.15, 0.2) is 0 Å². The minimum absolute atomic E-state index is 0.212. The first-order valence-electron chi connectivity index (χ1n) is 12.0. The Morgan fingerprint density at radius 2 is 1.06 bits per heavy atom. The lowest BCUT2D eigenvalue weighted by Crippen LogP contribution is -2.25. The summed E-state index contributed by atoms with van der Waals surface area (Å²) >= 11 is 0. The number of hydrogen-bond acceptors (Lipinski definition) is 3. The molecule has 4 heteroatoms. The van der Waals surface area contributed by atoms with Crippen LogP contribution in [0.4, 0.5) is 0 Å². The fourth-order valence-electron chi connectivity index (χ4n) is 5.10. The lowest BCUT2D eigenvalue weighted by molar-refractivity contribution is 0.444. The molecule has 4 nitrogen and oxygen atoms in total. The number of aromatic hydroxyl groups is 1. The first kappa shape index (κ1) is 22.9. The summed E-state index contributed by atoms with van der Waals surface area (Å²) in [6, 6.07) is 30.8. The van der Waals surface area contributed by atoms with E-state index in [2.05, 4.69) is 77.1 Å². The highest BCUT2D eigenvalue weighted by Gasteiger charge is 2.34. The summed E-state index contributed by atoms with van der Waals surface area (Å²) < 4.78 is 0. The molecule has 35 heavy (non-hydrogen) atoms. The molecule has 0 saturated heterocycles. The first-order chi connectivity index (χ1) is 16.7. The van der Waals surface area contributed by atoms with E-state index in [4.69, 9.17) is 10.2 Å². The molecule has 0 aliphatic carbocycles.